The summed E-state index contributed by atoms with van der Waals surface area (Å²) in [6.45, 7) is 0. The molecule has 0 spiro atoms. The van der Waals surface area contributed by atoms with Crippen LogP contribution in [0, 0.1) is 0 Å². The van der Waals surface area contributed by atoms with E-state index in [-0.39, 0.29) is 18.0 Å². The molecule has 38 heavy (non-hydrogen) atoms. The normalized spacial score (nSPS) is 17.2. The highest BCUT2D eigenvalue weighted by Gasteiger charge is 2.21. The van der Waals surface area contributed by atoms with Gasteiger partial charge in [0.15, 0.2) is 11.5 Å². The average molecular weight is 517 g/mol. The average Bonchev–Trinajstić information content (AvgIpc) is 3.37. The number of carbonyl (C=O) groups excluding carboxylic acids is 1. The first-order valence-corrected chi connectivity index (χ1v) is 12.6. The van der Waals surface area contributed by atoms with Crippen LogP contribution in [-0.4, -0.2) is 53.9 Å². The zero-order valence-corrected chi connectivity index (χ0v) is 21.7. The van der Waals surface area contributed by atoms with Crippen molar-refractivity contribution in [2.24, 2.45) is 5.73 Å². The van der Waals surface area contributed by atoms with Crippen molar-refractivity contribution in [3.63, 3.8) is 0 Å². The van der Waals surface area contributed by atoms with E-state index in [1.807, 2.05) is 41.1 Å². The Hall–Kier alpha value is -4.31. The maximum Gasteiger partial charge on any atom is 0.251 e. The lowest BCUT2D eigenvalue weighted by Gasteiger charge is -2.26. The number of amides is 1. The van der Waals surface area contributed by atoms with Crippen LogP contribution in [0.25, 0.3) is 16.7 Å². The van der Waals surface area contributed by atoms with Crippen LogP contribution in [0.3, 0.4) is 0 Å². The molecule has 0 saturated heterocycles. The van der Waals surface area contributed by atoms with Crippen molar-refractivity contribution in [1.82, 2.24) is 19.9 Å². The summed E-state index contributed by atoms with van der Waals surface area (Å²) in [5, 5.41) is 7.25. The van der Waals surface area contributed by atoms with E-state index in [1.165, 1.54) is 0 Å². The van der Waals surface area contributed by atoms with Gasteiger partial charge >= 0.3 is 0 Å². The Morgan fingerprint density at radius 3 is 2.42 bits per heavy atom. The molecule has 198 valence electrons. The first kappa shape index (κ1) is 25.3. The molecule has 4 N–H and O–H groups in total. The minimum atomic E-state index is -0.0804. The van der Waals surface area contributed by atoms with Crippen LogP contribution in [0.4, 0.5) is 11.6 Å². The van der Waals surface area contributed by atoms with Crippen LogP contribution in [0.15, 0.2) is 54.9 Å². The molecule has 5 rings (SSSR count). The van der Waals surface area contributed by atoms with Crippen LogP contribution in [-0.2, 0) is 0 Å². The van der Waals surface area contributed by atoms with Gasteiger partial charge in [0.1, 0.15) is 5.65 Å². The second-order valence-corrected chi connectivity index (χ2v) is 9.33. The number of nitrogens with zero attached hydrogens (tertiary/aromatic N) is 3. The Morgan fingerprint density at radius 1 is 1.00 bits per heavy atom. The quantitative estimate of drug-likeness (QED) is 0.318. The number of methoxy groups -OCH3 is 3. The van der Waals surface area contributed by atoms with Gasteiger partial charge in [-0.3, -0.25) is 4.79 Å². The summed E-state index contributed by atoms with van der Waals surface area (Å²) in [5.74, 6) is 1.86. The largest absolute Gasteiger partial charge is 0.493 e. The van der Waals surface area contributed by atoms with Gasteiger partial charge in [-0.25, -0.2) is 4.98 Å². The van der Waals surface area contributed by atoms with Gasteiger partial charge in [0.25, 0.3) is 5.91 Å². The van der Waals surface area contributed by atoms with E-state index in [0.29, 0.717) is 40.1 Å². The molecule has 1 fully saturated rings. The Bertz CT molecular complexity index is 1420. The molecule has 4 aromatic rings. The molecule has 0 atom stereocenters. The summed E-state index contributed by atoms with van der Waals surface area (Å²) >= 11 is 0. The highest BCUT2D eigenvalue weighted by molar-refractivity contribution is 5.95. The fourth-order valence-electron chi connectivity index (χ4n) is 4.80. The standard InChI is InChI=1S/C28H32N6O4/c1-36-23-14-21(15-24(37-2)25(23)38-3)32-28-30-16-18-11-12-34(26(18)33-28)22-6-4-5-17(13-22)27(35)31-20-9-7-19(29)8-10-20/h4-6,11-16,19-20H,7-10,29H2,1-3H3,(H,31,35)(H,30,32,33). The number of hydrogen-bond donors (Lipinski definition) is 3. The summed E-state index contributed by atoms with van der Waals surface area (Å²) in [6.07, 6.45) is 7.37. The van der Waals surface area contributed by atoms with Crippen LogP contribution >= 0.6 is 0 Å². The van der Waals surface area contributed by atoms with Crippen LogP contribution < -0.4 is 30.6 Å². The summed E-state index contributed by atoms with van der Waals surface area (Å²) in [4.78, 5) is 22.2. The number of carbonyl (C=O) groups is 1. The predicted molar refractivity (Wildman–Crippen MR) is 146 cm³/mol. The second-order valence-electron chi connectivity index (χ2n) is 9.33. The van der Waals surface area contributed by atoms with Crippen molar-refractivity contribution in [2.45, 2.75) is 37.8 Å². The zero-order chi connectivity index (χ0) is 26.6. The minimum absolute atomic E-state index is 0.0804. The Kier molecular flexibility index (Phi) is 7.32. The molecule has 2 heterocycles. The monoisotopic (exact) mass is 516 g/mol. The maximum absolute atomic E-state index is 13.0. The molecule has 2 aromatic carbocycles. The van der Waals surface area contributed by atoms with Gasteiger partial charge in [0.2, 0.25) is 11.7 Å². The van der Waals surface area contributed by atoms with Crippen molar-refractivity contribution in [3.8, 4) is 22.9 Å². The number of nitrogens with one attached hydrogen (secondary N) is 2. The molecule has 0 radical (unpaired) electrons. The number of fused-ring (bicyclic) bond motifs is 1. The summed E-state index contributed by atoms with van der Waals surface area (Å²) < 4.78 is 18.2. The zero-order valence-electron chi connectivity index (χ0n) is 21.7. The fourth-order valence-corrected chi connectivity index (χ4v) is 4.80. The van der Waals surface area contributed by atoms with E-state index in [4.69, 9.17) is 24.9 Å². The molecular formula is C28H32N6O4. The third kappa shape index (κ3) is 5.21. The van der Waals surface area contributed by atoms with E-state index < -0.39 is 0 Å². The van der Waals surface area contributed by atoms with Gasteiger partial charge in [0.05, 0.1) is 21.3 Å². The number of hydrogen-bond acceptors (Lipinski definition) is 8. The number of anilines is 2. The minimum Gasteiger partial charge on any atom is -0.493 e. The molecule has 10 heteroatoms. The van der Waals surface area contributed by atoms with Gasteiger partial charge < -0.3 is 35.1 Å². The molecule has 0 bridgehead atoms. The molecule has 0 aliphatic heterocycles. The lowest BCUT2D eigenvalue weighted by molar-refractivity contribution is 0.0926. The highest BCUT2D eigenvalue weighted by Crippen LogP contribution is 2.40. The van der Waals surface area contributed by atoms with E-state index in [0.717, 1.165) is 36.8 Å². The van der Waals surface area contributed by atoms with Crippen molar-refractivity contribution in [3.05, 3.63) is 60.4 Å². The number of benzene rings is 2. The van der Waals surface area contributed by atoms with E-state index in [9.17, 15) is 4.79 Å². The summed E-state index contributed by atoms with van der Waals surface area (Å²) in [5.41, 5.74) is 8.82. The third-order valence-electron chi connectivity index (χ3n) is 6.84. The Morgan fingerprint density at radius 2 is 1.74 bits per heavy atom. The van der Waals surface area contributed by atoms with Crippen molar-refractivity contribution in [2.75, 3.05) is 26.6 Å². The Balaban J connectivity index is 1.40. The molecule has 1 saturated carbocycles. The highest BCUT2D eigenvalue weighted by atomic mass is 16.5. The molecule has 1 aliphatic carbocycles. The van der Waals surface area contributed by atoms with E-state index in [2.05, 4.69) is 15.6 Å². The number of aromatic nitrogens is 3. The van der Waals surface area contributed by atoms with Gasteiger partial charge in [-0.15, -0.1) is 0 Å². The lowest BCUT2D eigenvalue weighted by atomic mass is 9.91. The second kappa shape index (κ2) is 11.0. The first-order valence-electron chi connectivity index (χ1n) is 12.6. The molecule has 2 aromatic heterocycles. The van der Waals surface area contributed by atoms with Crippen molar-refractivity contribution in [1.29, 1.82) is 0 Å². The predicted octanol–water partition coefficient (Wildman–Crippen LogP) is 4.19. The Labute approximate surface area is 221 Å². The number of nitrogens with two attached hydrogens (primary N) is 1. The SMILES string of the molecule is COc1cc(Nc2ncc3ccn(-c4cccc(C(=O)NC5CCC(N)CC5)c4)c3n2)cc(OC)c1OC. The number of ether oxygens (including phenoxy) is 3. The van der Waals surface area contributed by atoms with Gasteiger partial charge in [-0.1, -0.05) is 6.07 Å². The molecule has 0 unspecified atom stereocenters. The van der Waals surface area contributed by atoms with Crippen LogP contribution in [0.1, 0.15) is 36.0 Å². The van der Waals surface area contributed by atoms with Crippen LogP contribution in [0.2, 0.25) is 0 Å². The summed E-state index contributed by atoms with van der Waals surface area (Å²) in [7, 11) is 4.69. The first-order chi connectivity index (χ1) is 18.5. The maximum atomic E-state index is 13.0. The lowest BCUT2D eigenvalue weighted by Crippen LogP contribution is -2.40. The van der Waals surface area contributed by atoms with Crippen LogP contribution in [0.5, 0.6) is 17.2 Å². The van der Waals surface area contributed by atoms with Crippen molar-refractivity contribution >= 4 is 28.6 Å². The fraction of sp³-hybridized carbons (Fsp3) is 0.321. The number of rotatable bonds is 8. The third-order valence-corrected chi connectivity index (χ3v) is 6.84. The summed E-state index contributed by atoms with van der Waals surface area (Å²) in [6, 6.07) is 13.4. The van der Waals surface area contributed by atoms with Crippen molar-refractivity contribution < 1.29 is 19.0 Å². The van der Waals surface area contributed by atoms with E-state index in [1.54, 1.807) is 39.7 Å². The topological polar surface area (TPSA) is 126 Å². The van der Waals surface area contributed by atoms with E-state index >= 15 is 0 Å². The van der Waals surface area contributed by atoms with Gasteiger partial charge in [-0.05, 0) is 49.9 Å². The molecule has 1 amide bonds. The molecule has 10 nitrogen and oxygen atoms in total. The van der Waals surface area contributed by atoms with Gasteiger partial charge in [0, 0.05) is 58.9 Å². The smallest absolute Gasteiger partial charge is 0.251 e. The molecule has 1 aliphatic rings. The van der Waals surface area contributed by atoms with Gasteiger partial charge in [-0.2, -0.15) is 4.98 Å². The molecular weight excluding hydrogens is 484 g/mol.